The second-order valence-electron chi connectivity index (χ2n) is 6.51. The molecule has 1 amide bonds. The molecule has 2 aliphatic rings. The summed E-state index contributed by atoms with van der Waals surface area (Å²) in [5.74, 6) is 0.0124. The molecule has 132 valence electrons. The Morgan fingerprint density at radius 3 is 2.42 bits per heavy atom. The molecule has 2 saturated heterocycles. The Kier molecular flexibility index (Phi) is 4.83. The van der Waals surface area contributed by atoms with Gasteiger partial charge in [-0.05, 0) is 56.9 Å². The predicted octanol–water partition coefficient (Wildman–Crippen LogP) is 2.23. The normalized spacial score (nSPS) is 20.3. The fraction of sp³-hybridized carbons (Fsp3) is 0.588. The Morgan fingerprint density at radius 1 is 1.21 bits per heavy atom. The highest BCUT2D eigenvalue weighted by atomic mass is 32.2. The number of hydrogen-bond acceptors (Lipinski definition) is 4. The molecule has 2 fully saturated rings. The van der Waals surface area contributed by atoms with Gasteiger partial charge in [-0.2, -0.15) is 0 Å². The number of benzene rings is 1. The van der Waals surface area contributed by atoms with Crippen LogP contribution in [0.3, 0.4) is 0 Å². The van der Waals surface area contributed by atoms with E-state index in [0.29, 0.717) is 24.3 Å². The third kappa shape index (κ3) is 3.72. The zero-order valence-electron chi connectivity index (χ0n) is 14.0. The lowest BCUT2D eigenvalue weighted by molar-refractivity contribution is -0.0387. The molecular formula is C17H24N2O4S. The van der Waals surface area contributed by atoms with Crippen LogP contribution in [0.25, 0.3) is 0 Å². The molecule has 1 spiro atoms. The number of ether oxygens (including phenoxy) is 1. The van der Waals surface area contributed by atoms with Gasteiger partial charge in [0.25, 0.3) is 5.91 Å². The van der Waals surface area contributed by atoms with Crippen LogP contribution in [0.15, 0.2) is 24.3 Å². The molecule has 1 N–H and O–H groups in total. The van der Waals surface area contributed by atoms with Crippen LogP contribution in [0.5, 0.6) is 0 Å². The maximum atomic E-state index is 12.6. The summed E-state index contributed by atoms with van der Waals surface area (Å²) in [5.41, 5.74) is 1.06. The fourth-order valence-corrected chi connectivity index (χ4v) is 4.02. The monoisotopic (exact) mass is 352 g/mol. The predicted molar refractivity (Wildman–Crippen MR) is 92.6 cm³/mol. The number of hydrogen-bond donors (Lipinski definition) is 1. The molecule has 7 heteroatoms. The van der Waals surface area contributed by atoms with Crippen LogP contribution in [0, 0.1) is 0 Å². The average Bonchev–Trinajstić information content (AvgIpc) is 3.03. The third-order valence-electron chi connectivity index (χ3n) is 4.93. The average molecular weight is 352 g/mol. The van der Waals surface area contributed by atoms with Crippen LogP contribution < -0.4 is 4.72 Å². The van der Waals surface area contributed by atoms with Gasteiger partial charge in [0.2, 0.25) is 10.0 Å². The summed E-state index contributed by atoms with van der Waals surface area (Å²) in [6.45, 7) is 3.84. The van der Waals surface area contributed by atoms with Crippen LogP contribution >= 0.6 is 0 Å². The molecule has 3 rings (SSSR count). The van der Waals surface area contributed by atoms with Crippen molar-refractivity contribution in [3.63, 3.8) is 0 Å². The first-order valence-electron chi connectivity index (χ1n) is 8.47. The lowest BCUT2D eigenvalue weighted by atomic mass is 9.88. The Hall–Kier alpha value is -1.60. The largest absolute Gasteiger partial charge is 0.375 e. The molecule has 6 nitrogen and oxygen atoms in total. The minimum atomic E-state index is -3.30. The van der Waals surface area contributed by atoms with E-state index in [0.717, 1.165) is 32.3 Å². The molecule has 0 aromatic heterocycles. The van der Waals surface area contributed by atoms with Gasteiger partial charge in [0.15, 0.2) is 0 Å². The first-order chi connectivity index (χ1) is 11.4. The Morgan fingerprint density at radius 2 is 1.88 bits per heavy atom. The van der Waals surface area contributed by atoms with Crippen molar-refractivity contribution in [2.75, 3.05) is 30.2 Å². The zero-order chi connectivity index (χ0) is 17.2. The molecule has 0 atom stereocenters. The van der Waals surface area contributed by atoms with Crippen LogP contribution in [0.2, 0.25) is 0 Å². The van der Waals surface area contributed by atoms with Crippen molar-refractivity contribution in [1.82, 2.24) is 4.90 Å². The minimum absolute atomic E-state index is 0.000923. The quantitative estimate of drug-likeness (QED) is 0.902. The molecule has 2 heterocycles. The molecule has 0 radical (unpaired) electrons. The summed E-state index contributed by atoms with van der Waals surface area (Å²) in [7, 11) is -3.30. The third-order valence-corrected chi connectivity index (χ3v) is 6.24. The summed E-state index contributed by atoms with van der Waals surface area (Å²) in [6, 6.07) is 6.61. The molecule has 24 heavy (non-hydrogen) atoms. The first-order valence-corrected chi connectivity index (χ1v) is 10.1. The van der Waals surface area contributed by atoms with E-state index in [4.69, 9.17) is 4.74 Å². The van der Waals surface area contributed by atoms with E-state index in [-0.39, 0.29) is 17.3 Å². The van der Waals surface area contributed by atoms with Gasteiger partial charge in [0, 0.05) is 30.9 Å². The van der Waals surface area contributed by atoms with Gasteiger partial charge in [-0.3, -0.25) is 9.52 Å². The van der Waals surface area contributed by atoms with Gasteiger partial charge < -0.3 is 9.64 Å². The van der Waals surface area contributed by atoms with Gasteiger partial charge in [0.05, 0.1) is 11.4 Å². The lowest BCUT2D eigenvalue weighted by Crippen LogP contribution is -2.46. The van der Waals surface area contributed by atoms with Crippen LogP contribution in [-0.2, 0) is 14.8 Å². The molecule has 0 saturated carbocycles. The number of nitrogens with zero attached hydrogens (tertiary/aromatic N) is 1. The summed E-state index contributed by atoms with van der Waals surface area (Å²) in [5, 5.41) is 0. The number of nitrogens with one attached hydrogen (secondary N) is 1. The number of amides is 1. The molecule has 1 aromatic rings. The summed E-state index contributed by atoms with van der Waals surface area (Å²) >= 11 is 0. The number of anilines is 1. The fourth-order valence-electron chi connectivity index (χ4n) is 3.38. The molecule has 1 aromatic carbocycles. The molecule has 0 aliphatic carbocycles. The second-order valence-corrected chi connectivity index (χ2v) is 8.52. The van der Waals surface area contributed by atoms with E-state index in [2.05, 4.69) is 4.72 Å². The van der Waals surface area contributed by atoms with Gasteiger partial charge in [-0.1, -0.05) is 0 Å². The maximum Gasteiger partial charge on any atom is 0.253 e. The highest BCUT2D eigenvalue weighted by Gasteiger charge is 2.39. The smallest absolute Gasteiger partial charge is 0.253 e. The molecular weight excluding hydrogens is 328 g/mol. The van der Waals surface area contributed by atoms with Crippen LogP contribution in [0.1, 0.15) is 43.0 Å². The van der Waals surface area contributed by atoms with E-state index in [1.165, 1.54) is 0 Å². The Bertz CT molecular complexity index is 684. The number of piperidine rings is 1. The van der Waals surface area contributed by atoms with E-state index < -0.39 is 10.0 Å². The second kappa shape index (κ2) is 6.72. The van der Waals surface area contributed by atoms with E-state index in [9.17, 15) is 13.2 Å². The number of rotatable bonds is 4. The summed E-state index contributed by atoms with van der Waals surface area (Å²) in [6.07, 6.45) is 4.00. The van der Waals surface area contributed by atoms with Crippen molar-refractivity contribution in [2.24, 2.45) is 0 Å². The summed E-state index contributed by atoms with van der Waals surface area (Å²) in [4.78, 5) is 14.5. The SMILES string of the molecule is CCS(=O)(=O)Nc1ccc(C(=O)N2CCC3(CCCO3)CC2)cc1. The van der Waals surface area contributed by atoms with E-state index in [1.807, 2.05) is 4.90 Å². The molecule has 0 bridgehead atoms. The molecule has 2 aliphatic heterocycles. The van der Waals surface area contributed by atoms with Crippen molar-refractivity contribution in [2.45, 2.75) is 38.2 Å². The van der Waals surface area contributed by atoms with Crippen LogP contribution in [0.4, 0.5) is 5.69 Å². The van der Waals surface area contributed by atoms with Gasteiger partial charge in [-0.15, -0.1) is 0 Å². The number of carbonyl (C=O) groups excluding carboxylic acids is 1. The van der Waals surface area contributed by atoms with E-state index >= 15 is 0 Å². The molecule has 0 unspecified atom stereocenters. The zero-order valence-corrected chi connectivity index (χ0v) is 14.8. The lowest BCUT2D eigenvalue weighted by Gasteiger charge is -2.38. The van der Waals surface area contributed by atoms with Crippen molar-refractivity contribution in [3.8, 4) is 0 Å². The summed E-state index contributed by atoms with van der Waals surface area (Å²) < 4.78 is 31.5. The highest BCUT2D eigenvalue weighted by Crippen LogP contribution is 2.35. The van der Waals surface area contributed by atoms with Crippen LogP contribution in [-0.4, -0.2) is 50.3 Å². The maximum absolute atomic E-state index is 12.6. The standard InChI is InChI=1S/C17H24N2O4S/c1-2-24(21,22)18-15-6-4-14(5-7-15)16(20)19-11-9-17(10-12-19)8-3-13-23-17/h4-7,18H,2-3,8-13H2,1H3. The van der Waals surface area contributed by atoms with Crippen molar-refractivity contribution < 1.29 is 17.9 Å². The van der Waals surface area contributed by atoms with Gasteiger partial charge >= 0.3 is 0 Å². The van der Waals surface area contributed by atoms with Crippen molar-refractivity contribution in [3.05, 3.63) is 29.8 Å². The Balaban J connectivity index is 1.61. The minimum Gasteiger partial charge on any atom is -0.375 e. The highest BCUT2D eigenvalue weighted by molar-refractivity contribution is 7.92. The Labute approximate surface area is 143 Å². The van der Waals surface area contributed by atoms with Gasteiger partial charge in [0.1, 0.15) is 0 Å². The number of sulfonamides is 1. The van der Waals surface area contributed by atoms with E-state index in [1.54, 1.807) is 31.2 Å². The van der Waals surface area contributed by atoms with Gasteiger partial charge in [-0.25, -0.2) is 8.42 Å². The topological polar surface area (TPSA) is 75.7 Å². The van der Waals surface area contributed by atoms with Crippen molar-refractivity contribution >= 4 is 21.6 Å². The number of carbonyl (C=O) groups is 1. The van der Waals surface area contributed by atoms with Crippen molar-refractivity contribution in [1.29, 1.82) is 0 Å². The number of likely N-dealkylation sites (tertiary alicyclic amines) is 1. The first kappa shape index (κ1) is 17.2.